The molecule has 1 aromatic heterocycles. The number of hydrogen-bond acceptors (Lipinski definition) is 8. The predicted octanol–water partition coefficient (Wildman–Crippen LogP) is 1.82. The standard InChI is InChI=1S/C16H26N6O3/c1-10-4-6-20(7-5-10)15-13(22(23)24)14(17)18-16(19-15)21-8-11(2)25-12(3)9-21/h10-12H,4-9H2,1-3H3,(H2,17,18,19)/t11-,12+. The van der Waals surface area contributed by atoms with Crippen LogP contribution in [-0.2, 0) is 4.74 Å². The van der Waals surface area contributed by atoms with E-state index in [0.717, 1.165) is 25.9 Å². The van der Waals surface area contributed by atoms with Crippen molar-refractivity contribution >= 4 is 23.3 Å². The van der Waals surface area contributed by atoms with Crippen LogP contribution in [-0.4, -0.2) is 53.3 Å². The Balaban J connectivity index is 1.97. The van der Waals surface area contributed by atoms with E-state index >= 15 is 0 Å². The lowest BCUT2D eigenvalue weighted by Gasteiger charge is -2.36. The van der Waals surface area contributed by atoms with Gasteiger partial charge in [0.05, 0.1) is 17.1 Å². The first kappa shape index (κ1) is 17.7. The van der Waals surface area contributed by atoms with E-state index in [2.05, 4.69) is 16.9 Å². The summed E-state index contributed by atoms with van der Waals surface area (Å²) in [6, 6.07) is 0. The maximum Gasteiger partial charge on any atom is 0.353 e. The second kappa shape index (κ2) is 6.99. The highest BCUT2D eigenvalue weighted by Gasteiger charge is 2.32. The molecule has 2 N–H and O–H groups in total. The Morgan fingerprint density at radius 3 is 2.28 bits per heavy atom. The molecular formula is C16H26N6O3. The summed E-state index contributed by atoms with van der Waals surface area (Å²) in [6.07, 6.45) is 2.07. The Hall–Kier alpha value is -2.16. The average molecular weight is 350 g/mol. The topological polar surface area (TPSA) is 111 Å². The Morgan fingerprint density at radius 1 is 1.12 bits per heavy atom. The van der Waals surface area contributed by atoms with Crippen molar-refractivity contribution in [2.75, 3.05) is 41.7 Å². The lowest BCUT2D eigenvalue weighted by atomic mass is 9.99. The monoisotopic (exact) mass is 350 g/mol. The Kier molecular flexibility index (Phi) is 4.94. The van der Waals surface area contributed by atoms with Crippen LogP contribution in [0.15, 0.2) is 0 Å². The minimum absolute atomic E-state index is 0.0445. The molecule has 2 fully saturated rings. The fourth-order valence-corrected chi connectivity index (χ4v) is 3.55. The molecule has 138 valence electrons. The van der Waals surface area contributed by atoms with Gasteiger partial charge in [0.1, 0.15) is 0 Å². The first-order valence-electron chi connectivity index (χ1n) is 8.82. The number of nitrogens with two attached hydrogens (primary N) is 1. The first-order valence-corrected chi connectivity index (χ1v) is 8.82. The van der Waals surface area contributed by atoms with Crippen molar-refractivity contribution in [2.24, 2.45) is 5.92 Å². The summed E-state index contributed by atoms with van der Waals surface area (Å²) in [4.78, 5) is 23.8. The van der Waals surface area contributed by atoms with Crippen molar-refractivity contribution < 1.29 is 9.66 Å². The number of piperidine rings is 1. The van der Waals surface area contributed by atoms with Gasteiger partial charge in [-0.05, 0) is 32.6 Å². The molecule has 2 saturated heterocycles. The molecule has 0 aliphatic carbocycles. The molecule has 3 rings (SSSR count). The Morgan fingerprint density at radius 2 is 1.72 bits per heavy atom. The highest BCUT2D eigenvalue weighted by molar-refractivity contribution is 5.71. The zero-order valence-corrected chi connectivity index (χ0v) is 15.0. The Labute approximate surface area is 147 Å². The number of nitro groups is 1. The predicted molar refractivity (Wildman–Crippen MR) is 95.9 cm³/mol. The van der Waals surface area contributed by atoms with Crippen LogP contribution in [0.4, 0.5) is 23.3 Å². The first-order chi connectivity index (χ1) is 11.8. The molecule has 9 nitrogen and oxygen atoms in total. The minimum atomic E-state index is -0.475. The molecule has 25 heavy (non-hydrogen) atoms. The van der Waals surface area contributed by atoms with Crippen LogP contribution in [0, 0.1) is 16.0 Å². The zero-order chi connectivity index (χ0) is 18.1. The fourth-order valence-electron chi connectivity index (χ4n) is 3.55. The summed E-state index contributed by atoms with van der Waals surface area (Å²) >= 11 is 0. The number of nitrogen functional groups attached to an aromatic ring is 1. The number of rotatable bonds is 3. The molecule has 0 unspecified atom stereocenters. The molecule has 0 saturated carbocycles. The van der Waals surface area contributed by atoms with E-state index in [0.29, 0.717) is 30.8 Å². The summed E-state index contributed by atoms with van der Waals surface area (Å²) in [5.74, 6) is 1.33. The van der Waals surface area contributed by atoms with Gasteiger partial charge >= 0.3 is 5.69 Å². The maximum absolute atomic E-state index is 11.5. The Bertz CT molecular complexity index is 637. The molecule has 0 bridgehead atoms. The molecule has 9 heteroatoms. The van der Waals surface area contributed by atoms with Crippen LogP contribution in [0.1, 0.15) is 33.6 Å². The van der Waals surface area contributed by atoms with Crippen molar-refractivity contribution in [3.8, 4) is 0 Å². The summed E-state index contributed by atoms with van der Waals surface area (Å²) in [6.45, 7) is 8.94. The molecular weight excluding hydrogens is 324 g/mol. The highest BCUT2D eigenvalue weighted by atomic mass is 16.6. The lowest BCUT2D eigenvalue weighted by Crippen LogP contribution is -2.46. The smallest absolute Gasteiger partial charge is 0.353 e. The number of nitrogens with zero attached hydrogens (tertiary/aromatic N) is 5. The molecule has 0 radical (unpaired) electrons. The summed E-state index contributed by atoms with van der Waals surface area (Å²) < 4.78 is 5.74. The van der Waals surface area contributed by atoms with Crippen molar-refractivity contribution in [2.45, 2.75) is 45.8 Å². The zero-order valence-electron chi connectivity index (χ0n) is 15.0. The van der Waals surface area contributed by atoms with Gasteiger partial charge in [-0.25, -0.2) is 0 Å². The maximum atomic E-state index is 11.5. The third-order valence-corrected chi connectivity index (χ3v) is 4.85. The lowest BCUT2D eigenvalue weighted by molar-refractivity contribution is -0.383. The van der Waals surface area contributed by atoms with Gasteiger partial charge in [-0.3, -0.25) is 10.1 Å². The van der Waals surface area contributed by atoms with Crippen molar-refractivity contribution in [1.29, 1.82) is 0 Å². The van der Waals surface area contributed by atoms with Gasteiger partial charge < -0.3 is 20.3 Å². The third-order valence-electron chi connectivity index (χ3n) is 4.85. The molecule has 0 aromatic carbocycles. The molecule has 2 aliphatic heterocycles. The number of hydrogen-bond donors (Lipinski definition) is 1. The number of anilines is 3. The molecule has 0 amide bonds. The van der Waals surface area contributed by atoms with Gasteiger partial charge in [0.15, 0.2) is 0 Å². The van der Waals surface area contributed by atoms with Gasteiger partial charge in [0.25, 0.3) is 0 Å². The largest absolute Gasteiger partial charge is 0.378 e. The van der Waals surface area contributed by atoms with Crippen LogP contribution >= 0.6 is 0 Å². The number of morpholine rings is 1. The molecule has 1 aromatic rings. The number of aromatic nitrogens is 2. The second-order valence-electron chi connectivity index (χ2n) is 7.17. The van der Waals surface area contributed by atoms with Crippen LogP contribution in [0.3, 0.4) is 0 Å². The van der Waals surface area contributed by atoms with Crippen LogP contribution in [0.2, 0.25) is 0 Å². The van der Waals surface area contributed by atoms with Crippen molar-refractivity contribution in [3.05, 3.63) is 10.1 Å². The highest BCUT2D eigenvalue weighted by Crippen LogP contribution is 2.35. The van der Waals surface area contributed by atoms with Crippen LogP contribution in [0.25, 0.3) is 0 Å². The quantitative estimate of drug-likeness (QED) is 0.649. The molecule has 0 spiro atoms. The number of ether oxygens (including phenoxy) is 1. The van der Waals surface area contributed by atoms with Crippen molar-refractivity contribution in [3.63, 3.8) is 0 Å². The van der Waals surface area contributed by atoms with Crippen LogP contribution in [0.5, 0.6) is 0 Å². The van der Waals surface area contributed by atoms with E-state index < -0.39 is 4.92 Å². The van der Waals surface area contributed by atoms with Gasteiger partial charge in [0, 0.05) is 26.2 Å². The van der Waals surface area contributed by atoms with E-state index in [1.165, 1.54) is 0 Å². The van der Waals surface area contributed by atoms with Gasteiger partial charge in [-0.1, -0.05) is 6.92 Å². The van der Waals surface area contributed by atoms with Gasteiger partial charge in [-0.2, -0.15) is 9.97 Å². The fraction of sp³-hybridized carbons (Fsp3) is 0.750. The second-order valence-corrected chi connectivity index (χ2v) is 7.17. The molecule has 2 atom stereocenters. The van der Waals surface area contributed by atoms with Gasteiger partial charge in [-0.15, -0.1) is 0 Å². The third kappa shape index (κ3) is 3.76. The van der Waals surface area contributed by atoms with Crippen molar-refractivity contribution in [1.82, 2.24) is 9.97 Å². The molecule has 3 heterocycles. The average Bonchev–Trinajstić information content (AvgIpc) is 2.53. The normalized spacial score (nSPS) is 25.2. The summed E-state index contributed by atoms with van der Waals surface area (Å²) in [5, 5.41) is 11.5. The van der Waals surface area contributed by atoms with E-state index in [1.807, 2.05) is 23.6 Å². The van der Waals surface area contributed by atoms with Crippen LogP contribution < -0.4 is 15.5 Å². The minimum Gasteiger partial charge on any atom is -0.378 e. The van der Waals surface area contributed by atoms with Gasteiger partial charge in [0.2, 0.25) is 17.6 Å². The summed E-state index contributed by atoms with van der Waals surface area (Å²) in [7, 11) is 0. The summed E-state index contributed by atoms with van der Waals surface area (Å²) in [5.41, 5.74) is 5.77. The van der Waals surface area contributed by atoms with E-state index in [9.17, 15) is 10.1 Å². The molecule has 2 aliphatic rings. The van der Waals surface area contributed by atoms with E-state index in [4.69, 9.17) is 10.5 Å². The van der Waals surface area contributed by atoms with E-state index in [-0.39, 0.29) is 23.7 Å². The van der Waals surface area contributed by atoms with E-state index in [1.54, 1.807) is 0 Å². The SMILES string of the molecule is CC1CCN(c2nc(N3C[C@@H](C)O[C@@H](C)C3)nc(N)c2[N+](=O)[O-])CC1.